The molecule has 0 fully saturated rings. The van der Waals surface area contributed by atoms with Gasteiger partial charge in [0.25, 0.3) is 5.56 Å². The number of nitrogens with zero attached hydrogens (tertiary/aromatic N) is 2. The van der Waals surface area contributed by atoms with Gasteiger partial charge in [0.2, 0.25) is 5.91 Å². The van der Waals surface area contributed by atoms with E-state index in [1.807, 2.05) is 6.07 Å². The van der Waals surface area contributed by atoms with Crippen molar-refractivity contribution in [1.82, 2.24) is 9.55 Å². The summed E-state index contributed by atoms with van der Waals surface area (Å²) in [7, 11) is 1.51. The van der Waals surface area contributed by atoms with Crippen molar-refractivity contribution in [3.8, 4) is 5.75 Å². The molecule has 9 heteroatoms. The van der Waals surface area contributed by atoms with Gasteiger partial charge in [0.1, 0.15) is 11.5 Å². The van der Waals surface area contributed by atoms with E-state index in [0.717, 1.165) is 0 Å². The number of amides is 1. The van der Waals surface area contributed by atoms with Crippen molar-refractivity contribution in [3.63, 3.8) is 0 Å². The normalized spacial score (nSPS) is 10.9. The molecular weight excluding hydrogens is 438 g/mol. The quantitative estimate of drug-likeness (QED) is 0.327. The van der Waals surface area contributed by atoms with Crippen molar-refractivity contribution in [1.29, 1.82) is 0 Å². The molecule has 2 aromatic heterocycles. The molecule has 1 N–H and O–H groups in total. The summed E-state index contributed by atoms with van der Waals surface area (Å²) in [6, 6.07) is 15.6. The first-order valence-corrected chi connectivity index (χ1v) is 10.7. The van der Waals surface area contributed by atoms with Gasteiger partial charge in [0.15, 0.2) is 5.16 Å². The standard InChI is InChI=1S/C22H18ClN3O4S/c1-29-19-9-8-14(23)11-18(19)24-20(27)13-31-22-25-17-7-3-2-6-16(17)21(28)26(22)12-15-5-4-10-30-15/h2-11H,12-13H2,1H3,(H,24,27). The molecule has 7 nitrogen and oxygen atoms in total. The molecule has 2 heterocycles. The van der Waals surface area contributed by atoms with Gasteiger partial charge >= 0.3 is 0 Å². The Labute approximate surface area is 187 Å². The second-order valence-electron chi connectivity index (χ2n) is 6.56. The Hall–Kier alpha value is -3.23. The van der Waals surface area contributed by atoms with Crippen molar-refractivity contribution < 1.29 is 13.9 Å². The van der Waals surface area contributed by atoms with Crippen LogP contribution in [-0.2, 0) is 11.3 Å². The number of carbonyl (C=O) groups is 1. The van der Waals surface area contributed by atoms with E-state index in [0.29, 0.717) is 38.3 Å². The predicted octanol–water partition coefficient (Wildman–Crippen LogP) is 4.43. The smallest absolute Gasteiger partial charge is 0.262 e. The van der Waals surface area contributed by atoms with E-state index in [-0.39, 0.29) is 23.8 Å². The van der Waals surface area contributed by atoms with Crippen LogP contribution in [-0.4, -0.2) is 28.3 Å². The Morgan fingerprint density at radius 3 is 2.84 bits per heavy atom. The van der Waals surface area contributed by atoms with E-state index in [4.69, 9.17) is 20.8 Å². The minimum atomic E-state index is -0.280. The number of ether oxygens (including phenoxy) is 1. The lowest BCUT2D eigenvalue weighted by Gasteiger charge is -2.13. The Bertz CT molecular complexity index is 1290. The van der Waals surface area contributed by atoms with Crippen LogP contribution in [0.25, 0.3) is 10.9 Å². The summed E-state index contributed by atoms with van der Waals surface area (Å²) in [4.78, 5) is 30.2. The van der Waals surface area contributed by atoms with Crippen LogP contribution in [0.5, 0.6) is 5.75 Å². The van der Waals surface area contributed by atoms with Gasteiger partial charge in [-0.15, -0.1) is 0 Å². The van der Waals surface area contributed by atoms with Gasteiger partial charge in [-0.3, -0.25) is 14.2 Å². The average Bonchev–Trinajstić information content (AvgIpc) is 3.28. The number of fused-ring (bicyclic) bond motifs is 1. The summed E-state index contributed by atoms with van der Waals surface area (Å²) < 4.78 is 12.2. The van der Waals surface area contributed by atoms with Gasteiger partial charge in [0, 0.05) is 5.02 Å². The molecule has 2 aromatic carbocycles. The van der Waals surface area contributed by atoms with Gasteiger partial charge in [-0.25, -0.2) is 4.98 Å². The molecule has 4 aromatic rings. The zero-order valence-corrected chi connectivity index (χ0v) is 18.1. The third-order valence-corrected chi connectivity index (χ3v) is 5.70. The van der Waals surface area contributed by atoms with E-state index in [1.54, 1.807) is 54.8 Å². The number of rotatable bonds is 7. The largest absolute Gasteiger partial charge is 0.495 e. The van der Waals surface area contributed by atoms with Crippen LogP contribution in [0.2, 0.25) is 5.02 Å². The lowest BCUT2D eigenvalue weighted by molar-refractivity contribution is -0.113. The van der Waals surface area contributed by atoms with Crippen LogP contribution in [0.15, 0.2) is 75.2 Å². The summed E-state index contributed by atoms with van der Waals surface area (Å²) in [5, 5.41) is 4.20. The summed E-state index contributed by atoms with van der Waals surface area (Å²) in [5.41, 5.74) is 0.851. The maximum absolute atomic E-state index is 13.1. The molecule has 0 aliphatic rings. The molecule has 1 amide bonds. The van der Waals surface area contributed by atoms with Gasteiger partial charge in [-0.1, -0.05) is 35.5 Å². The van der Waals surface area contributed by atoms with E-state index in [2.05, 4.69) is 10.3 Å². The zero-order chi connectivity index (χ0) is 21.8. The number of aromatic nitrogens is 2. The van der Waals surface area contributed by atoms with Crippen molar-refractivity contribution in [2.75, 3.05) is 18.2 Å². The number of nitrogens with one attached hydrogen (secondary N) is 1. The fraction of sp³-hybridized carbons (Fsp3) is 0.136. The molecule has 0 atom stereocenters. The SMILES string of the molecule is COc1ccc(Cl)cc1NC(=O)CSc1nc2ccccc2c(=O)n1Cc1ccco1. The van der Waals surface area contributed by atoms with E-state index >= 15 is 0 Å². The van der Waals surface area contributed by atoms with Crippen LogP contribution < -0.4 is 15.6 Å². The summed E-state index contributed by atoms with van der Waals surface area (Å²) in [6.07, 6.45) is 1.55. The maximum atomic E-state index is 13.1. The lowest BCUT2D eigenvalue weighted by Crippen LogP contribution is -2.24. The molecule has 0 bridgehead atoms. The van der Waals surface area contributed by atoms with Crippen molar-refractivity contribution in [2.24, 2.45) is 0 Å². The van der Waals surface area contributed by atoms with E-state index in [1.165, 1.54) is 23.4 Å². The average molecular weight is 456 g/mol. The van der Waals surface area contributed by atoms with E-state index < -0.39 is 0 Å². The number of hydrogen-bond acceptors (Lipinski definition) is 6. The first kappa shape index (κ1) is 21.0. The second-order valence-corrected chi connectivity index (χ2v) is 7.94. The number of halogens is 1. The molecule has 4 rings (SSSR count). The third kappa shape index (κ3) is 4.76. The number of benzene rings is 2. The number of anilines is 1. The maximum Gasteiger partial charge on any atom is 0.262 e. The minimum absolute atomic E-state index is 0.0403. The monoisotopic (exact) mass is 455 g/mol. The van der Waals surface area contributed by atoms with Crippen LogP contribution in [0.4, 0.5) is 5.69 Å². The fourth-order valence-electron chi connectivity index (χ4n) is 3.05. The topological polar surface area (TPSA) is 86.4 Å². The zero-order valence-electron chi connectivity index (χ0n) is 16.5. The highest BCUT2D eigenvalue weighted by molar-refractivity contribution is 7.99. The molecule has 0 spiro atoms. The number of thioether (sulfide) groups is 1. The van der Waals surface area contributed by atoms with Gasteiger partial charge < -0.3 is 14.5 Å². The lowest BCUT2D eigenvalue weighted by atomic mass is 10.2. The van der Waals surface area contributed by atoms with Crippen molar-refractivity contribution in [2.45, 2.75) is 11.7 Å². The highest BCUT2D eigenvalue weighted by Crippen LogP contribution is 2.28. The number of carbonyl (C=O) groups excluding carboxylic acids is 1. The molecule has 0 aliphatic heterocycles. The highest BCUT2D eigenvalue weighted by atomic mass is 35.5. The van der Waals surface area contributed by atoms with Crippen molar-refractivity contribution in [3.05, 3.63) is 82.0 Å². The Morgan fingerprint density at radius 2 is 2.06 bits per heavy atom. The number of para-hydroxylation sites is 1. The van der Waals surface area contributed by atoms with Gasteiger partial charge in [0.05, 0.1) is 42.3 Å². The Morgan fingerprint density at radius 1 is 1.23 bits per heavy atom. The molecule has 158 valence electrons. The molecule has 31 heavy (non-hydrogen) atoms. The van der Waals surface area contributed by atoms with E-state index in [9.17, 15) is 9.59 Å². The molecule has 0 unspecified atom stereocenters. The fourth-order valence-corrected chi connectivity index (χ4v) is 4.02. The summed E-state index contributed by atoms with van der Waals surface area (Å²) in [6.45, 7) is 0.218. The molecule has 0 saturated carbocycles. The van der Waals surface area contributed by atoms with Crippen LogP contribution in [0.3, 0.4) is 0 Å². The van der Waals surface area contributed by atoms with Crippen LogP contribution >= 0.6 is 23.4 Å². The third-order valence-electron chi connectivity index (χ3n) is 4.49. The van der Waals surface area contributed by atoms with Crippen molar-refractivity contribution >= 4 is 45.9 Å². The molecular formula is C22H18ClN3O4S. The number of furan rings is 1. The summed E-state index contributed by atoms with van der Waals surface area (Å²) >= 11 is 7.19. The highest BCUT2D eigenvalue weighted by Gasteiger charge is 2.15. The van der Waals surface area contributed by atoms with Crippen LogP contribution in [0, 0.1) is 0 Å². The number of hydrogen-bond donors (Lipinski definition) is 1. The molecule has 0 saturated heterocycles. The predicted molar refractivity (Wildman–Crippen MR) is 121 cm³/mol. The van der Waals surface area contributed by atoms with Gasteiger partial charge in [-0.05, 0) is 42.5 Å². The van der Waals surface area contributed by atoms with Crippen LogP contribution in [0.1, 0.15) is 5.76 Å². The first-order valence-electron chi connectivity index (χ1n) is 9.33. The minimum Gasteiger partial charge on any atom is -0.495 e. The molecule has 0 radical (unpaired) electrons. The Balaban J connectivity index is 1.59. The second kappa shape index (κ2) is 9.28. The number of methoxy groups -OCH3 is 1. The first-order chi connectivity index (χ1) is 15.0. The molecule has 0 aliphatic carbocycles. The van der Waals surface area contributed by atoms with Gasteiger partial charge in [-0.2, -0.15) is 0 Å². The summed E-state index contributed by atoms with van der Waals surface area (Å²) in [5.74, 6) is 0.881. The Kier molecular flexibility index (Phi) is 6.29.